The van der Waals surface area contributed by atoms with Gasteiger partial charge in [0.15, 0.2) is 0 Å². The van der Waals surface area contributed by atoms with Gasteiger partial charge in [0.05, 0.1) is 0 Å². The number of thiol groups is 1. The first kappa shape index (κ1) is 24.9. The van der Waals surface area contributed by atoms with Crippen LogP contribution in [0.25, 0.3) is 0 Å². The molecule has 0 saturated heterocycles. The van der Waals surface area contributed by atoms with Gasteiger partial charge in [0.2, 0.25) is 11.8 Å². The molecule has 6 nitrogen and oxygen atoms in total. The number of hydrogen-bond acceptors (Lipinski definition) is 5. The Hall–Kier alpha value is -2.38. The van der Waals surface area contributed by atoms with E-state index in [4.69, 9.17) is 4.74 Å². The topological polar surface area (TPSA) is 71.5 Å². The lowest BCUT2D eigenvalue weighted by atomic mass is 9.87. The standard InChI is InChI=1S/C24H33N3O3S/c1-24(2,3)19-8-10-20(11-9-19)27(21(28)12-16-31)22(18-7-5-13-25-17-18)23(29)26-14-6-15-30-4/h5,7-11,13,17,22,31H,6,12,14-16H2,1-4H3,(H,26,29)/t22-/m1/s1. The molecule has 2 aromatic rings. The first-order chi connectivity index (χ1) is 14.8. The lowest BCUT2D eigenvalue weighted by molar-refractivity contribution is -0.126. The molecule has 0 spiro atoms. The average Bonchev–Trinajstić information content (AvgIpc) is 2.75. The van der Waals surface area contributed by atoms with Gasteiger partial charge in [-0.05, 0) is 41.4 Å². The Labute approximate surface area is 190 Å². The Balaban J connectivity index is 2.46. The molecule has 1 N–H and O–H groups in total. The zero-order valence-electron chi connectivity index (χ0n) is 18.8. The Morgan fingerprint density at radius 1 is 1.19 bits per heavy atom. The molecule has 168 valence electrons. The number of carbonyl (C=O) groups excluding carboxylic acids is 2. The highest BCUT2D eigenvalue weighted by Crippen LogP contribution is 2.31. The van der Waals surface area contributed by atoms with Crippen LogP contribution in [0.5, 0.6) is 0 Å². The van der Waals surface area contributed by atoms with Gasteiger partial charge in [0.1, 0.15) is 6.04 Å². The summed E-state index contributed by atoms with van der Waals surface area (Å²) < 4.78 is 5.06. The first-order valence-corrected chi connectivity index (χ1v) is 11.1. The van der Waals surface area contributed by atoms with Crippen molar-refractivity contribution in [3.05, 3.63) is 59.9 Å². The molecule has 0 fully saturated rings. The fraction of sp³-hybridized carbons (Fsp3) is 0.458. The molecule has 0 aliphatic carbocycles. The third-order valence-corrected chi connectivity index (χ3v) is 5.16. The van der Waals surface area contributed by atoms with Crippen molar-refractivity contribution in [1.29, 1.82) is 0 Å². The van der Waals surface area contributed by atoms with Gasteiger partial charge in [-0.1, -0.05) is 39.0 Å². The summed E-state index contributed by atoms with van der Waals surface area (Å²) in [5.41, 5.74) is 2.46. The summed E-state index contributed by atoms with van der Waals surface area (Å²) in [6.07, 6.45) is 4.18. The number of hydrogen-bond donors (Lipinski definition) is 2. The van der Waals surface area contributed by atoms with E-state index in [9.17, 15) is 9.59 Å². The van der Waals surface area contributed by atoms with Crippen LogP contribution < -0.4 is 10.2 Å². The van der Waals surface area contributed by atoms with Crippen LogP contribution in [0.2, 0.25) is 0 Å². The average molecular weight is 444 g/mol. The van der Waals surface area contributed by atoms with Crippen molar-refractivity contribution in [2.45, 2.75) is 45.1 Å². The van der Waals surface area contributed by atoms with Crippen molar-refractivity contribution >= 4 is 30.1 Å². The maximum Gasteiger partial charge on any atom is 0.247 e. The second-order valence-electron chi connectivity index (χ2n) is 8.36. The molecule has 2 amide bonds. The Morgan fingerprint density at radius 3 is 2.45 bits per heavy atom. The van der Waals surface area contributed by atoms with Crippen LogP contribution in [0, 0.1) is 0 Å². The molecule has 0 bridgehead atoms. The predicted molar refractivity (Wildman–Crippen MR) is 128 cm³/mol. The number of ether oxygens (including phenoxy) is 1. The number of nitrogens with zero attached hydrogens (tertiary/aromatic N) is 2. The molecule has 1 aromatic heterocycles. The minimum atomic E-state index is -0.830. The highest BCUT2D eigenvalue weighted by molar-refractivity contribution is 7.80. The van der Waals surface area contributed by atoms with Gasteiger partial charge < -0.3 is 10.1 Å². The van der Waals surface area contributed by atoms with E-state index in [0.29, 0.717) is 36.6 Å². The molecule has 0 radical (unpaired) electrons. The highest BCUT2D eigenvalue weighted by atomic mass is 32.1. The number of pyridine rings is 1. The molecule has 0 unspecified atom stereocenters. The summed E-state index contributed by atoms with van der Waals surface area (Å²) in [6.45, 7) is 7.42. The van der Waals surface area contributed by atoms with E-state index < -0.39 is 6.04 Å². The lowest BCUT2D eigenvalue weighted by Crippen LogP contribution is -2.44. The van der Waals surface area contributed by atoms with Crippen LogP contribution in [0.15, 0.2) is 48.8 Å². The minimum Gasteiger partial charge on any atom is -0.385 e. The van der Waals surface area contributed by atoms with Gasteiger partial charge in [0.25, 0.3) is 0 Å². The fourth-order valence-electron chi connectivity index (χ4n) is 3.26. The number of nitrogens with one attached hydrogen (secondary N) is 1. The molecule has 1 aromatic carbocycles. The number of amides is 2. The van der Waals surface area contributed by atoms with Crippen molar-refractivity contribution in [3.8, 4) is 0 Å². The number of aromatic nitrogens is 1. The Bertz CT molecular complexity index is 835. The molecule has 2 rings (SSSR count). The van der Waals surface area contributed by atoms with Crippen molar-refractivity contribution < 1.29 is 14.3 Å². The molecular weight excluding hydrogens is 410 g/mol. The fourth-order valence-corrected chi connectivity index (χ4v) is 3.45. The maximum atomic E-state index is 13.3. The summed E-state index contributed by atoms with van der Waals surface area (Å²) in [5.74, 6) is -0.0270. The largest absolute Gasteiger partial charge is 0.385 e. The van der Waals surface area contributed by atoms with Crippen LogP contribution in [0.4, 0.5) is 5.69 Å². The molecule has 1 atom stereocenters. The molecule has 0 aliphatic rings. The number of benzene rings is 1. The van der Waals surface area contributed by atoms with Gasteiger partial charge in [-0.15, -0.1) is 0 Å². The number of rotatable bonds is 10. The van der Waals surface area contributed by atoms with Crippen LogP contribution in [0.1, 0.15) is 50.8 Å². The van der Waals surface area contributed by atoms with Gasteiger partial charge in [0, 0.05) is 50.3 Å². The predicted octanol–water partition coefficient (Wildman–Crippen LogP) is 3.93. The lowest BCUT2D eigenvalue weighted by Gasteiger charge is -2.32. The van der Waals surface area contributed by atoms with Crippen LogP contribution in [-0.4, -0.2) is 42.8 Å². The summed E-state index contributed by atoms with van der Waals surface area (Å²) in [6, 6.07) is 10.6. The van der Waals surface area contributed by atoms with Gasteiger partial charge in [-0.25, -0.2) is 0 Å². The molecule has 0 aliphatic heterocycles. The van der Waals surface area contributed by atoms with Gasteiger partial charge >= 0.3 is 0 Å². The molecule has 1 heterocycles. The summed E-state index contributed by atoms with van der Waals surface area (Å²) in [4.78, 5) is 32.2. The quantitative estimate of drug-likeness (QED) is 0.431. The van der Waals surface area contributed by atoms with Crippen molar-refractivity contribution in [2.75, 3.05) is 30.9 Å². The third kappa shape index (κ3) is 7.08. The molecule has 31 heavy (non-hydrogen) atoms. The van der Waals surface area contributed by atoms with E-state index in [1.807, 2.05) is 30.3 Å². The van der Waals surface area contributed by atoms with Gasteiger partial charge in [-0.2, -0.15) is 12.6 Å². The Morgan fingerprint density at radius 2 is 1.90 bits per heavy atom. The maximum absolute atomic E-state index is 13.3. The summed E-state index contributed by atoms with van der Waals surface area (Å²) in [5, 5.41) is 2.94. The summed E-state index contributed by atoms with van der Waals surface area (Å²) >= 11 is 4.23. The zero-order valence-corrected chi connectivity index (χ0v) is 19.7. The molecular formula is C24H33N3O3S. The van der Waals surface area contributed by atoms with Gasteiger partial charge in [-0.3, -0.25) is 19.5 Å². The third-order valence-electron chi connectivity index (χ3n) is 4.94. The minimum absolute atomic E-state index is 0.0139. The normalized spacial score (nSPS) is 12.3. The molecule has 0 saturated carbocycles. The monoisotopic (exact) mass is 443 g/mol. The van der Waals surface area contributed by atoms with E-state index in [2.05, 4.69) is 43.7 Å². The summed E-state index contributed by atoms with van der Waals surface area (Å²) in [7, 11) is 1.62. The number of anilines is 1. The van der Waals surface area contributed by atoms with E-state index in [1.54, 1.807) is 30.5 Å². The second-order valence-corrected chi connectivity index (χ2v) is 8.81. The first-order valence-electron chi connectivity index (χ1n) is 10.5. The SMILES string of the molecule is COCCCNC(=O)[C@@H](c1cccnc1)N(C(=O)CCS)c1ccc(C(C)(C)C)cc1. The smallest absolute Gasteiger partial charge is 0.247 e. The zero-order chi connectivity index (χ0) is 22.9. The van der Waals surface area contributed by atoms with E-state index >= 15 is 0 Å². The highest BCUT2D eigenvalue weighted by Gasteiger charge is 2.32. The van der Waals surface area contributed by atoms with Crippen LogP contribution in [0.3, 0.4) is 0 Å². The Kier molecular flexibility index (Phi) is 9.52. The second kappa shape index (κ2) is 11.9. The van der Waals surface area contributed by atoms with Crippen LogP contribution in [-0.2, 0) is 19.7 Å². The van der Waals surface area contributed by atoms with E-state index in [0.717, 1.165) is 5.56 Å². The number of methoxy groups -OCH3 is 1. The number of carbonyl (C=O) groups is 2. The van der Waals surface area contributed by atoms with E-state index in [-0.39, 0.29) is 23.7 Å². The van der Waals surface area contributed by atoms with Crippen LogP contribution >= 0.6 is 12.6 Å². The van der Waals surface area contributed by atoms with E-state index in [1.165, 1.54) is 0 Å². The van der Waals surface area contributed by atoms with Crippen molar-refractivity contribution in [3.63, 3.8) is 0 Å². The van der Waals surface area contributed by atoms with Crippen molar-refractivity contribution in [1.82, 2.24) is 10.3 Å². The molecule has 7 heteroatoms. The van der Waals surface area contributed by atoms with Crippen molar-refractivity contribution in [2.24, 2.45) is 0 Å².